The Morgan fingerprint density at radius 1 is 1.55 bits per heavy atom. The average Bonchev–Trinajstić information content (AvgIpc) is 3.06. The third-order valence-electron chi connectivity index (χ3n) is 4.02. The molecule has 0 radical (unpaired) electrons. The molecule has 0 aliphatic carbocycles. The zero-order valence-electron chi connectivity index (χ0n) is 12.9. The van der Waals surface area contributed by atoms with E-state index in [0.717, 1.165) is 28.2 Å². The highest BCUT2D eigenvalue weighted by Crippen LogP contribution is 2.32. The summed E-state index contributed by atoms with van der Waals surface area (Å²) in [6, 6.07) is -0.807. The van der Waals surface area contributed by atoms with Gasteiger partial charge in [0.25, 0.3) is 0 Å². The van der Waals surface area contributed by atoms with Gasteiger partial charge in [0.05, 0.1) is 12.2 Å². The number of halogens is 1. The van der Waals surface area contributed by atoms with E-state index in [-0.39, 0.29) is 17.9 Å². The van der Waals surface area contributed by atoms with Gasteiger partial charge in [0, 0.05) is 13.6 Å². The number of aromatic nitrogens is 2. The van der Waals surface area contributed by atoms with E-state index in [4.69, 9.17) is 0 Å². The number of rotatable bonds is 4. The van der Waals surface area contributed by atoms with Crippen LogP contribution in [0.25, 0.3) is 0 Å². The fourth-order valence-corrected chi connectivity index (χ4v) is 3.29. The number of H-pyrrole nitrogens is 1. The van der Waals surface area contributed by atoms with E-state index in [1.165, 1.54) is 7.05 Å². The monoisotopic (exact) mass is 372 g/mol. The molecule has 8 heteroatoms. The predicted molar refractivity (Wildman–Crippen MR) is 84.4 cm³/mol. The molecule has 0 saturated carbocycles. The van der Waals surface area contributed by atoms with Crippen molar-refractivity contribution in [2.75, 3.05) is 13.6 Å². The second-order valence-electron chi connectivity index (χ2n) is 5.89. The van der Waals surface area contributed by atoms with Gasteiger partial charge in [0.2, 0.25) is 5.91 Å². The summed E-state index contributed by atoms with van der Waals surface area (Å²) >= 11 is 3.32. The number of nitrogens with zero attached hydrogens (tertiary/aromatic N) is 3. The van der Waals surface area contributed by atoms with Crippen LogP contribution in [0.3, 0.4) is 0 Å². The third-order valence-corrected chi connectivity index (χ3v) is 4.42. The first-order valence-electron chi connectivity index (χ1n) is 7.29. The number of aromatic amines is 1. The lowest BCUT2D eigenvalue weighted by molar-refractivity contribution is -0.138. The fraction of sp³-hybridized carbons (Fsp3) is 0.643. The highest BCUT2D eigenvalue weighted by molar-refractivity contribution is 9.10. The Morgan fingerprint density at radius 3 is 2.73 bits per heavy atom. The highest BCUT2D eigenvalue weighted by atomic mass is 79.9. The molecule has 0 spiro atoms. The van der Waals surface area contributed by atoms with Gasteiger partial charge < -0.3 is 15.0 Å². The van der Waals surface area contributed by atoms with Crippen molar-refractivity contribution in [2.45, 2.75) is 38.8 Å². The number of hydrogen-bond acceptors (Lipinski definition) is 3. The predicted octanol–water partition coefficient (Wildman–Crippen LogP) is 2.47. The van der Waals surface area contributed by atoms with Crippen LogP contribution >= 0.6 is 15.9 Å². The van der Waals surface area contributed by atoms with Crippen molar-refractivity contribution < 1.29 is 14.7 Å². The molecule has 1 aromatic heterocycles. The molecule has 1 aromatic rings. The minimum atomic E-state index is -1.09. The second kappa shape index (κ2) is 6.68. The summed E-state index contributed by atoms with van der Waals surface area (Å²) in [5.74, 6) is 0.478. The maximum absolute atomic E-state index is 12.9. The van der Waals surface area contributed by atoms with E-state index in [1.54, 1.807) is 11.1 Å². The number of hydrogen-bond donors (Lipinski definition) is 2. The van der Waals surface area contributed by atoms with E-state index in [2.05, 4.69) is 25.9 Å². The zero-order valence-corrected chi connectivity index (χ0v) is 14.5. The molecule has 0 unspecified atom stereocenters. The van der Waals surface area contributed by atoms with Crippen molar-refractivity contribution in [3.8, 4) is 0 Å². The van der Waals surface area contributed by atoms with Crippen LogP contribution in [0.2, 0.25) is 0 Å². The highest BCUT2D eigenvalue weighted by Gasteiger charge is 2.39. The lowest BCUT2D eigenvalue weighted by Gasteiger charge is -2.33. The SMILES string of the molecule is CC(C)[C@@H](C(=O)N1CCC[C@H]1c1ncc(Br)[nH]1)N(C)C(=O)O. The number of carbonyl (C=O) groups excluding carboxylic acids is 1. The van der Waals surface area contributed by atoms with Gasteiger partial charge in [0.1, 0.15) is 16.5 Å². The number of likely N-dealkylation sites (N-methyl/N-ethyl adjacent to an activating group) is 1. The molecule has 7 nitrogen and oxygen atoms in total. The molecule has 22 heavy (non-hydrogen) atoms. The molecule has 122 valence electrons. The van der Waals surface area contributed by atoms with Gasteiger partial charge in [-0.3, -0.25) is 9.69 Å². The number of carboxylic acid groups (broad SMARTS) is 1. The summed E-state index contributed by atoms with van der Waals surface area (Å²) in [5.41, 5.74) is 0. The van der Waals surface area contributed by atoms with Crippen LogP contribution in [0.15, 0.2) is 10.8 Å². The fourth-order valence-electron chi connectivity index (χ4n) is 2.98. The smallest absolute Gasteiger partial charge is 0.407 e. The molecule has 2 rings (SSSR count). The zero-order chi connectivity index (χ0) is 16.4. The van der Waals surface area contributed by atoms with Crippen LogP contribution in [0, 0.1) is 5.92 Å². The van der Waals surface area contributed by atoms with Gasteiger partial charge in [-0.2, -0.15) is 0 Å². The minimum absolute atomic E-state index is 0.0989. The van der Waals surface area contributed by atoms with Crippen LogP contribution in [-0.4, -0.2) is 56.5 Å². The van der Waals surface area contributed by atoms with Gasteiger partial charge >= 0.3 is 6.09 Å². The quantitative estimate of drug-likeness (QED) is 0.849. The summed E-state index contributed by atoms with van der Waals surface area (Å²) in [4.78, 5) is 34.4. The summed E-state index contributed by atoms with van der Waals surface area (Å²) in [6.07, 6.45) is 2.28. The Hall–Kier alpha value is -1.57. The molecule has 0 bridgehead atoms. The van der Waals surface area contributed by atoms with Gasteiger partial charge in [-0.25, -0.2) is 9.78 Å². The largest absolute Gasteiger partial charge is 0.465 e. The van der Waals surface area contributed by atoms with Crippen LogP contribution < -0.4 is 0 Å². The Kier molecular flexibility index (Phi) is 5.10. The van der Waals surface area contributed by atoms with Crippen LogP contribution in [-0.2, 0) is 4.79 Å². The van der Waals surface area contributed by atoms with Crippen LogP contribution in [0.4, 0.5) is 4.79 Å². The van der Waals surface area contributed by atoms with Gasteiger partial charge in [0.15, 0.2) is 0 Å². The van der Waals surface area contributed by atoms with Gasteiger partial charge in [-0.1, -0.05) is 13.8 Å². The van der Waals surface area contributed by atoms with Crippen molar-refractivity contribution in [2.24, 2.45) is 5.92 Å². The molecule has 1 aliphatic heterocycles. The Morgan fingerprint density at radius 2 is 2.23 bits per heavy atom. The van der Waals surface area contributed by atoms with Crippen molar-refractivity contribution in [1.82, 2.24) is 19.8 Å². The topological polar surface area (TPSA) is 89.5 Å². The summed E-state index contributed by atoms with van der Waals surface area (Å²) in [7, 11) is 1.44. The Bertz CT molecular complexity index is 560. The Labute approximate surface area is 137 Å². The molecule has 2 amide bonds. The lowest BCUT2D eigenvalue weighted by Crippen LogP contribution is -2.51. The number of imidazole rings is 1. The Balaban J connectivity index is 2.23. The van der Waals surface area contributed by atoms with Gasteiger partial charge in [-0.05, 0) is 34.7 Å². The first-order valence-corrected chi connectivity index (χ1v) is 8.09. The summed E-state index contributed by atoms with van der Waals surface area (Å²) < 4.78 is 0.768. The van der Waals surface area contributed by atoms with Crippen molar-refractivity contribution >= 4 is 27.9 Å². The maximum atomic E-state index is 12.9. The minimum Gasteiger partial charge on any atom is -0.465 e. The van der Waals surface area contributed by atoms with Crippen molar-refractivity contribution in [3.05, 3.63) is 16.6 Å². The maximum Gasteiger partial charge on any atom is 0.407 e. The molecular formula is C14H21BrN4O3. The molecule has 2 N–H and O–H groups in total. The molecular weight excluding hydrogens is 352 g/mol. The molecule has 1 aliphatic rings. The third kappa shape index (κ3) is 3.26. The molecule has 0 aromatic carbocycles. The van der Waals surface area contributed by atoms with Crippen molar-refractivity contribution in [3.63, 3.8) is 0 Å². The second-order valence-corrected chi connectivity index (χ2v) is 6.74. The number of likely N-dealkylation sites (tertiary alicyclic amines) is 1. The molecule has 1 fully saturated rings. The van der Waals surface area contributed by atoms with E-state index < -0.39 is 12.1 Å². The van der Waals surface area contributed by atoms with E-state index >= 15 is 0 Å². The van der Waals surface area contributed by atoms with Crippen molar-refractivity contribution in [1.29, 1.82) is 0 Å². The number of amides is 2. The number of nitrogens with one attached hydrogen (secondary N) is 1. The van der Waals surface area contributed by atoms with E-state index in [9.17, 15) is 14.7 Å². The van der Waals surface area contributed by atoms with E-state index in [1.807, 2.05) is 13.8 Å². The summed E-state index contributed by atoms with van der Waals surface area (Å²) in [6.45, 7) is 4.34. The average molecular weight is 373 g/mol. The first-order chi connectivity index (χ1) is 10.3. The van der Waals surface area contributed by atoms with Gasteiger partial charge in [-0.15, -0.1) is 0 Å². The standard InChI is InChI=1S/C14H21BrN4O3/c1-8(2)11(18(3)14(21)22)13(20)19-6-4-5-9(19)12-16-7-10(15)17-12/h7-9,11H,4-6H2,1-3H3,(H,16,17)(H,21,22)/t9-,11-/m0/s1. The lowest BCUT2D eigenvalue weighted by atomic mass is 10.0. The summed E-state index contributed by atoms with van der Waals surface area (Å²) in [5, 5.41) is 9.21. The molecule has 2 heterocycles. The normalized spacial score (nSPS) is 19.5. The number of carbonyl (C=O) groups is 2. The first kappa shape index (κ1) is 16.8. The van der Waals surface area contributed by atoms with Crippen LogP contribution in [0.5, 0.6) is 0 Å². The molecule has 2 atom stereocenters. The van der Waals surface area contributed by atoms with Crippen LogP contribution in [0.1, 0.15) is 38.6 Å². The van der Waals surface area contributed by atoms with E-state index in [0.29, 0.717) is 6.54 Å². The molecule has 1 saturated heterocycles.